The minimum absolute atomic E-state index is 0.0110. The molecule has 3 heteroatoms. The van der Waals surface area contributed by atoms with E-state index in [1.807, 2.05) is 12.1 Å². The molecule has 1 saturated carbocycles. The van der Waals surface area contributed by atoms with E-state index in [2.05, 4.69) is 35.6 Å². The molecule has 2 aromatic carbocycles. The Hall–Kier alpha value is -1.87. The number of benzene rings is 2. The number of hydrogen-bond donors (Lipinski definition) is 2. The number of carbonyl (C=O) groups is 1. The van der Waals surface area contributed by atoms with Crippen LogP contribution in [0.4, 0.5) is 0 Å². The highest BCUT2D eigenvalue weighted by Gasteiger charge is 2.36. The van der Waals surface area contributed by atoms with Crippen molar-refractivity contribution >= 4 is 16.7 Å². The molecule has 0 saturated heterocycles. The van der Waals surface area contributed by atoms with E-state index in [-0.39, 0.29) is 5.91 Å². The lowest BCUT2D eigenvalue weighted by atomic mass is 9.98. The summed E-state index contributed by atoms with van der Waals surface area (Å²) in [7, 11) is 0. The van der Waals surface area contributed by atoms with Gasteiger partial charge in [-0.25, -0.2) is 0 Å². The van der Waals surface area contributed by atoms with E-state index in [1.165, 1.54) is 10.8 Å². The van der Waals surface area contributed by atoms with Crippen molar-refractivity contribution < 1.29 is 4.79 Å². The van der Waals surface area contributed by atoms with Gasteiger partial charge in [0.15, 0.2) is 0 Å². The summed E-state index contributed by atoms with van der Waals surface area (Å²) in [5.74, 6) is -0.0110. The van der Waals surface area contributed by atoms with Crippen LogP contribution < -0.4 is 11.1 Å². The van der Waals surface area contributed by atoms with Gasteiger partial charge in [0.05, 0.1) is 5.54 Å². The van der Waals surface area contributed by atoms with Gasteiger partial charge < -0.3 is 11.1 Å². The number of nitrogens with two attached hydrogens (primary N) is 1. The van der Waals surface area contributed by atoms with Gasteiger partial charge in [0, 0.05) is 6.54 Å². The predicted octanol–water partition coefficient (Wildman–Crippen LogP) is 2.73. The largest absolute Gasteiger partial charge is 0.350 e. The second-order valence-electron chi connectivity index (χ2n) is 5.73. The predicted molar refractivity (Wildman–Crippen MR) is 81.2 cm³/mol. The Labute approximate surface area is 119 Å². The van der Waals surface area contributed by atoms with Gasteiger partial charge >= 0.3 is 0 Å². The van der Waals surface area contributed by atoms with Gasteiger partial charge in [0.2, 0.25) is 5.91 Å². The van der Waals surface area contributed by atoms with E-state index in [0.717, 1.165) is 31.2 Å². The molecule has 1 fully saturated rings. The zero-order chi connectivity index (χ0) is 14.0. The molecule has 3 nitrogen and oxygen atoms in total. The maximum absolute atomic E-state index is 12.2. The molecular weight excluding hydrogens is 248 g/mol. The van der Waals surface area contributed by atoms with E-state index >= 15 is 0 Å². The van der Waals surface area contributed by atoms with Crippen LogP contribution in [0.15, 0.2) is 42.5 Å². The lowest BCUT2D eigenvalue weighted by molar-refractivity contribution is -0.126. The fraction of sp³-hybridized carbons (Fsp3) is 0.353. The van der Waals surface area contributed by atoms with Crippen LogP contribution in [0.25, 0.3) is 10.8 Å². The normalized spacial score (nSPS) is 17.2. The first kappa shape index (κ1) is 13.1. The maximum atomic E-state index is 12.2. The third-order valence-corrected chi connectivity index (χ3v) is 4.21. The summed E-state index contributed by atoms with van der Waals surface area (Å²) < 4.78 is 0. The monoisotopic (exact) mass is 268 g/mol. The molecule has 104 valence electrons. The molecule has 20 heavy (non-hydrogen) atoms. The van der Waals surface area contributed by atoms with Crippen LogP contribution in [0, 0.1) is 0 Å². The molecule has 1 aliphatic carbocycles. The van der Waals surface area contributed by atoms with E-state index in [0.29, 0.717) is 6.54 Å². The van der Waals surface area contributed by atoms with Crippen LogP contribution >= 0.6 is 0 Å². The van der Waals surface area contributed by atoms with Gasteiger partial charge in [-0.15, -0.1) is 0 Å². The second-order valence-corrected chi connectivity index (χ2v) is 5.73. The standard InChI is InChI=1S/C17H20N2O/c18-17(9-3-4-10-17)16(20)19-12-13-7-8-14-5-1-2-6-15(14)11-13/h1-2,5-8,11H,3-4,9-10,12,18H2,(H,19,20). The number of hydrogen-bond acceptors (Lipinski definition) is 2. The highest BCUT2D eigenvalue weighted by atomic mass is 16.2. The molecule has 3 rings (SSSR count). The van der Waals surface area contributed by atoms with Crippen LogP contribution in [0.2, 0.25) is 0 Å². The molecule has 0 aromatic heterocycles. The highest BCUT2D eigenvalue weighted by Crippen LogP contribution is 2.27. The molecule has 0 spiro atoms. The fourth-order valence-corrected chi connectivity index (χ4v) is 2.94. The lowest BCUT2D eigenvalue weighted by Gasteiger charge is -2.22. The molecule has 0 heterocycles. The molecule has 1 amide bonds. The van der Waals surface area contributed by atoms with Crippen molar-refractivity contribution in [1.82, 2.24) is 5.32 Å². The van der Waals surface area contributed by atoms with Crippen molar-refractivity contribution in [2.75, 3.05) is 0 Å². The lowest BCUT2D eigenvalue weighted by Crippen LogP contribution is -2.51. The first-order valence-electron chi connectivity index (χ1n) is 7.22. The SMILES string of the molecule is NC1(C(=O)NCc2ccc3ccccc3c2)CCCC1. The summed E-state index contributed by atoms with van der Waals surface area (Å²) in [5, 5.41) is 5.40. The molecule has 0 bridgehead atoms. The van der Waals surface area contributed by atoms with Crippen LogP contribution in [0.1, 0.15) is 31.2 Å². The van der Waals surface area contributed by atoms with E-state index in [9.17, 15) is 4.79 Å². The highest BCUT2D eigenvalue weighted by molar-refractivity contribution is 5.86. The minimum atomic E-state index is -0.642. The maximum Gasteiger partial charge on any atom is 0.240 e. The minimum Gasteiger partial charge on any atom is -0.350 e. The van der Waals surface area contributed by atoms with Gasteiger partial charge in [-0.05, 0) is 35.2 Å². The third kappa shape index (κ3) is 2.54. The molecule has 1 aliphatic rings. The van der Waals surface area contributed by atoms with Crippen LogP contribution in [-0.2, 0) is 11.3 Å². The first-order valence-corrected chi connectivity index (χ1v) is 7.22. The van der Waals surface area contributed by atoms with Gasteiger partial charge in [-0.3, -0.25) is 4.79 Å². The van der Waals surface area contributed by atoms with Crippen molar-refractivity contribution in [3.63, 3.8) is 0 Å². The Morgan fingerprint density at radius 2 is 1.80 bits per heavy atom. The molecule has 3 N–H and O–H groups in total. The van der Waals surface area contributed by atoms with Crippen molar-refractivity contribution in [3.8, 4) is 0 Å². The summed E-state index contributed by atoms with van der Waals surface area (Å²) >= 11 is 0. The summed E-state index contributed by atoms with van der Waals surface area (Å²) in [4.78, 5) is 12.2. The number of amides is 1. The van der Waals surface area contributed by atoms with Crippen LogP contribution in [0.3, 0.4) is 0 Å². The van der Waals surface area contributed by atoms with E-state index in [4.69, 9.17) is 5.73 Å². The van der Waals surface area contributed by atoms with E-state index < -0.39 is 5.54 Å². The van der Waals surface area contributed by atoms with Gasteiger partial charge in [-0.1, -0.05) is 49.2 Å². The summed E-state index contributed by atoms with van der Waals surface area (Å²) in [5.41, 5.74) is 6.61. The number of rotatable bonds is 3. The zero-order valence-electron chi connectivity index (χ0n) is 11.6. The van der Waals surface area contributed by atoms with E-state index in [1.54, 1.807) is 0 Å². The molecule has 0 aliphatic heterocycles. The Kier molecular flexibility index (Phi) is 3.45. The van der Waals surface area contributed by atoms with Crippen molar-refractivity contribution in [1.29, 1.82) is 0 Å². The third-order valence-electron chi connectivity index (χ3n) is 4.21. The summed E-state index contributed by atoms with van der Waals surface area (Å²) in [6.45, 7) is 0.544. The quantitative estimate of drug-likeness (QED) is 0.899. The average molecular weight is 268 g/mol. The molecule has 0 radical (unpaired) electrons. The molecule has 2 aromatic rings. The smallest absolute Gasteiger partial charge is 0.240 e. The van der Waals surface area contributed by atoms with Gasteiger partial charge in [0.25, 0.3) is 0 Å². The average Bonchev–Trinajstić information content (AvgIpc) is 2.92. The van der Waals surface area contributed by atoms with Gasteiger partial charge in [0.1, 0.15) is 0 Å². The Morgan fingerprint density at radius 3 is 2.55 bits per heavy atom. The van der Waals surface area contributed by atoms with Crippen LogP contribution in [0.5, 0.6) is 0 Å². The zero-order valence-corrected chi connectivity index (χ0v) is 11.6. The number of nitrogens with one attached hydrogen (secondary N) is 1. The van der Waals surface area contributed by atoms with Gasteiger partial charge in [-0.2, -0.15) is 0 Å². The first-order chi connectivity index (χ1) is 9.67. The summed E-state index contributed by atoms with van der Waals surface area (Å²) in [6.07, 6.45) is 3.72. The number of carbonyl (C=O) groups excluding carboxylic acids is 1. The molecular formula is C17H20N2O. The number of fused-ring (bicyclic) bond motifs is 1. The van der Waals surface area contributed by atoms with Crippen molar-refractivity contribution in [3.05, 3.63) is 48.0 Å². The second kappa shape index (κ2) is 5.25. The molecule has 0 atom stereocenters. The van der Waals surface area contributed by atoms with Crippen molar-refractivity contribution in [2.45, 2.75) is 37.8 Å². The molecule has 0 unspecified atom stereocenters. The van der Waals surface area contributed by atoms with Crippen molar-refractivity contribution in [2.24, 2.45) is 5.73 Å². The Bertz CT molecular complexity index is 630. The van der Waals surface area contributed by atoms with Crippen LogP contribution in [-0.4, -0.2) is 11.4 Å². The topological polar surface area (TPSA) is 55.1 Å². The Balaban J connectivity index is 1.69. The fourth-order valence-electron chi connectivity index (χ4n) is 2.94. The summed E-state index contributed by atoms with van der Waals surface area (Å²) in [6, 6.07) is 14.5. The Morgan fingerprint density at radius 1 is 1.10 bits per heavy atom.